The first-order valence-corrected chi connectivity index (χ1v) is 30.9. The summed E-state index contributed by atoms with van der Waals surface area (Å²) in [6, 6.07) is 26.5. The Bertz CT molecular complexity index is 3320. The number of para-hydroxylation sites is 1. The molecule has 450 valence electrons. The number of Topliss-reactive ketones (excluding diaryl/α,β-unsaturated/α-hetero) is 2. The average molecular weight is 1160 g/mol. The van der Waals surface area contributed by atoms with E-state index in [1.165, 1.54) is 11.1 Å². The molecule has 9 rings (SSSR count). The maximum Gasteiger partial charge on any atom is 0.238 e. The third-order valence-electron chi connectivity index (χ3n) is 20.0. The summed E-state index contributed by atoms with van der Waals surface area (Å²) in [4.78, 5) is 111. The number of ketones is 2. The first-order valence-electron chi connectivity index (χ1n) is 30.9. The van der Waals surface area contributed by atoms with E-state index in [2.05, 4.69) is 65.2 Å². The number of rotatable bonds is 21. The number of hydrogen-bond donors (Lipinski definition) is 5. The molecule has 15 heteroatoms. The highest BCUT2D eigenvalue weighted by molar-refractivity contribution is 6.01. The van der Waals surface area contributed by atoms with Crippen molar-refractivity contribution in [3.8, 4) is 11.8 Å². The third kappa shape index (κ3) is 13.3. The Labute approximate surface area is 501 Å². The molecule has 4 aromatic rings. The van der Waals surface area contributed by atoms with E-state index in [0.717, 1.165) is 84.9 Å². The van der Waals surface area contributed by atoms with Gasteiger partial charge in [-0.25, -0.2) is 0 Å². The Hall–Kier alpha value is -7.28. The van der Waals surface area contributed by atoms with Crippen molar-refractivity contribution in [2.45, 2.75) is 175 Å². The van der Waals surface area contributed by atoms with Crippen LogP contribution < -0.4 is 31.9 Å². The van der Waals surface area contributed by atoms with Crippen molar-refractivity contribution in [3.05, 3.63) is 124 Å². The molecule has 1 heterocycles. The minimum atomic E-state index is -0.826. The number of amides is 6. The van der Waals surface area contributed by atoms with Crippen LogP contribution >= 0.6 is 0 Å². The standard InChI is InChI=1S/C70H86N6O9/c1-44(2)63(74-60(79)32-38-85-37-12-18-53(77)28-31-62(81)76-43-50-17-9-8-15-46(50)20-21-49-16-10-11-19-56(49)76)57(78)39-45(3)64(82)73-52-27-23-48-25-30-59-68(5,55(48)41-52)34-14-36-70(59,7)66(84)75-65(83)69(6)35-13-33-67(4)54-40-51(72-61(80)42-71)26-22-47(54)24-29-58(67)69/h8-11,15-17,19,22-23,26-27,40-41,44-45,58-59,63H,12-14,18,24-25,28-39,42-43,71H2,1-7H3,(H,72,80)(H,73,82)(H,74,79)(H,75,83,84)/t45-,58-,59-,63+,67-,68-,69+,70+/m1/s1. The maximum absolute atomic E-state index is 14.9. The van der Waals surface area contributed by atoms with Crippen LogP contribution in [0.1, 0.15) is 177 Å². The predicted octanol–water partition coefficient (Wildman–Crippen LogP) is 10.1. The van der Waals surface area contributed by atoms with Crippen molar-refractivity contribution < 1.29 is 43.1 Å². The van der Waals surface area contributed by atoms with Crippen LogP contribution in [0, 0.1) is 46.3 Å². The number of fused-ring (bicyclic) bond motifs is 8. The third-order valence-corrected chi connectivity index (χ3v) is 20.0. The zero-order valence-corrected chi connectivity index (χ0v) is 50.8. The normalized spacial score (nSPS) is 24.3. The highest BCUT2D eigenvalue weighted by Crippen LogP contribution is 2.60. The van der Waals surface area contributed by atoms with Crippen LogP contribution in [0.5, 0.6) is 0 Å². The van der Waals surface area contributed by atoms with Crippen molar-refractivity contribution in [1.82, 2.24) is 10.6 Å². The Morgan fingerprint density at radius 2 is 1.22 bits per heavy atom. The van der Waals surface area contributed by atoms with Crippen LogP contribution in [0.25, 0.3) is 0 Å². The number of hydrogen-bond acceptors (Lipinski definition) is 10. The number of carbonyl (C=O) groups excluding carboxylic acids is 8. The van der Waals surface area contributed by atoms with E-state index in [0.29, 0.717) is 37.2 Å². The van der Waals surface area contributed by atoms with Gasteiger partial charge in [-0.3, -0.25) is 43.7 Å². The number of nitrogens with one attached hydrogen (secondary N) is 4. The molecule has 0 saturated heterocycles. The highest BCUT2D eigenvalue weighted by atomic mass is 16.5. The summed E-state index contributed by atoms with van der Waals surface area (Å²) in [6.07, 6.45) is 8.61. The van der Waals surface area contributed by atoms with Crippen LogP contribution in [-0.2, 0) is 73.3 Å². The fraction of sp³-hybridized carbons (Fsp3) is 0.514. The molecule has 0 aromatic heterocycles. The second-order valence-corrected chi connectivity index (χ2v) is 26.1. The van der Waals surface area contributed by atoms with E-state index < -0.39 is 28.2 Å². The molecule has 2 saturated carbocycles. The summed E-state index contributed by atoms with van der Waals surface area (Å²) in [6.45, 7) is 14.5. The predicted molar refractivity (Wildman–Crippen MR) is 329 cm³/mol. The first-order chi connectivity index (χ1) is 40.6. The molecule has 0 unspecified atom stereocenters. The number of ether oxygens (including phenoxy) is 1. The van der Waals surface area contributed by atoms with Gasteiger partial charge in [0.2, 0.25) is 35.4 Å². The maximum atomic E-state index is 14.9. The highest BCUT2D eigenvalue weighted by Gasteiger charge is 2.58. The molecule has 4 aromatic carbocycles. The van der Waals surface area contributed by atoms with E-state index in [1.807, 2.05) is 94.4 Å². The number of anilines is 3. The van der Waals surface area contributed by atoms with Gasteiger partial charge < -0.3 is 31.3 Å². The van der Waals surface area contributed by atoms with Crippen LogP contribution in [0.4, 0.5) is 17.1 Å². The summed E-state index contributed by atoms with van der Waals surface area (Å²) < 4.78 is 5.72. The molecular weight excluding hydrogens is 1070 g/mol. The first kappa shape index (κ1) is 62.3. The lowest BCUT2D eigenvalue weighted by molar-refractivity contribution is -0.150. The van der Waals surface area contributed by atoms with Gasteiger partial charge in [-0.2, -0.15) is 0 Å². The molecule has 6 N–H and O–H groups in total. The number of nitrogens with two attached hydrogens (primary N) is 1. The monoisotopic (exact) mass is 1150 g/mol. The quantitative estimate of drug-likeness (QED) is 0.0302. The van der Waals surface area contributed by atoms with Crippen LogP contribution in [0.15, 0.2) is 84.9 Å². The van der Waals surface area contributed by atoms with Gasteiger partial charge in [-0.05, 0) is 157 Å². The number of carbonyl (C=O) groups is 8. The van der Waals surface area contributed by atoms with Crippen LogP contribution in [-0.4, -0.2) is 72.8 Å². The lowest BCUT2D eigenvalue weighted by Gasteiger charge is -2.56. The molecule has 6 amide bonds. The van der Waals surface area contributed by atoms with Crippen molar-refractivity contribution in [2.24, 2.45) is 40.2 Å². The van der Waals surface area contributed by atoms with Gasteiger partial charge >= 0.3 is 0 Å². The molecule has 15 nitrogen and oxygen atoms in total. The Balaban J connectivity index is 0.732. The van der Waals surface area contributed by atoms with Gasteiger partial charge in [-0.1, -0.05) is 116 Å². The summed E-state index contributed by atoms with van der Waals surface area (Å²) in [5.74, 6) is 3.57. The second kappa shape index (κ2) is 26.1. The van der Waals surface area contributed by atoms with Crippen molar-refractivity contribution >= 4 is 64.1 Å². The lowest BCUT2D eigenvalue weighted by Crippen LogP contribution is -2.60. The zero-order valence-electron chi connectivity index (χ0n) is 50.8. The molecule has 8 atom stereocenters. The van der Waals surface area contributed by atoms with Crippen molar-refractivity contribution in [1.29, 1.82) is 0 Å². The number of benzene rings is 4. The molecule has 0 spiro atoms. The second-order valence-electron chi connectivity index (χ2n) is 26.1. The summed E-state index contributed by atoms with van der Waals surface area (Å²) >= 11 is 0. The van der Waals surface area contributed by atoms with Gasteiger partial charge in [0.1, 0.15) is 5.78 Å². The minimum absolute atomic E-state index is 0.0109. The van der Waals surface area contributed by atoms with Gasteiger partial charge in [0.15, 0.2) is 5.78 Å². The SMILES string of the molecule is CC(C)[C@H](NC(=O)CCOCCCC(=O)CCC(=O)N1Cc2ccccc2C#Cc2ccccc21)C(=O)C[C@@H](C)C(=O)Nc1ccc2c(c1)[C@@]1(C)CCC[C@](C)(C(=O)NC(=O)[C@@]3(C)CCC[C@]4(C)c5cc(NC(=O)CN)ccc5CC[C@@H]34)[C@@H]1CC2. The number of nitrogens with zero attached hydrogens (tertiary/aromatic N) is 1. The summed E-state index contributed by atoms with van der Waals surface area (Å²) in [7, 11) is 0. The summed E-state index contributed by atoms with van der Waals surface area (Å²) in [5.41, 5.74) is 12.5. The average Bonchev–Trinajstić information content (AvgIpc) is 2.95. The lowest BCUT2D eigenvalue weighted by atomic mass is 9.49. The van der Waals surface area contributed by atoms with E-state index >= 15 is 0 Å². The zero-order chi connectivity index (χ0) is 60.8. The number of aryl methyl sites for hydroxylation is 2. The fourth-order valence-corrected chi connectivity index (χ4v) is 15.2. The Morgan fingerprint density at radius 3 is 1.84 bits per heavy atom. The largest absolute Gasteiger partial charge is 0.381 e. The molecule has 1 aliphatic heterocycles. The van der Waals surface area contributed by atoms with Gasteiger partial charge in [-0.15, -0.1) is 0 Å². The van der Waals surface area contributed by atoms with Gasteiger partial charge in [0, 0.05) is 67.1 Å². The van der Waals surface area contributed by atoms with E-state index in [-0.39, 0.29) is 122 Å². The molecule has 0 radical (unpaired) electrons. The van der Waals surface area contributed by atoms with Gasteiger partial charge in [0.05, 0.1) is 42.3 Å². The van der Waals surface area contributed by atoms with Gasteiger partial charge in [0.25, 0.3) is 0 Å². The molecular formula is C70H86N6O9. The molecule has 85 heavy (non-hydrogen) atoms. The molecule has 5 aliphatic rings. The van der Waals surface area contributed by atoms with Crippen molar-refractivity contribution in [3.63, 3.8) is 0 Å². The molecule has 0 bridgehead atoms. The van der Waals surface area contributed by atoms with Crippen LogP contribution in [0.3, 0.4) is 0 Å². The van der Waals surface area contributed by atoms with E-state index in [9.17, 15) is 38.4 Å². The summed E-state index contributed by atoms with van der Waals surface area (Å²) in [5, 5.41) is 11.9. The van der Waals surface area contributed by atoms with E-state index in [1.54, 1.807) is 11.8 Å². The Morgan fingerprint density at radius 1 is 0.647 bits per heavy atom. The van der Waals surface area contributed by atoms with E-state index in [4.69, 9.17) is 10.5 Å². The van der Waals surface area contributed by atoms with Crippen LogP contribution in [0.2, 0.25) is 0 Å². The smallest absolute Gasteiger partial charge is 0.238 e. The Kier molecular flexibility index (Phi) is 19.1. The van der Waals surface area contributed by atoms with Crippen molar-refractivity contribution in [2.75, 3.05) is 35.3 Å². The minimum Gasteiger partial charge on any atom is -0.381 e. The number of imide groups is 1. The fourth-order valence-electron chi connectivity index (χ4n) is 15.2. The molecule has 2 fully saturated rings. The topological polar surface area (TPSA) is 223 Å². The molecule has 4 aliphatic carbocycles.